The fourth-order valence-corrected chi connectivity index (χ4v) is 7.34. The minimum Gasteiger partial charge on any atom is -0.465 e. The number of hydrogen-bond acceptors (Lipinski definition) is 6. The van der Waals surface area contributed by atoms with Crippen LogP contribution >= 0.6 is 0 Å². The van der Waals surface area contributed by atoms with E-state index in [9.17, 15) is 23.4 Å². The first-order valence-electron chi connectivity index (χ1n) is 12.7. The molecule has 202 valence electrons. The van der Waals surface area contributed by atoms with Crippen molar-refractivity contribution in [2.75, 3.05) is 19.8 Å². The van der Waals surface area contributed by atoms with E-state index in [0.717, 1.165) is 5.56 Å². The number of nitrogens with one attached hydrogen (secondary N) is 1. The van der Waals surface area contributed by atoms with Gasteiger partial charge >= 0.3 is 6.09 Å². The van der Waals surface area contributed by atoms with Crippen LogP contribution in [-0.4, -0.2) is 73.3 Å². The van der Waals surface area contributed by atoms with Crippen LogP contribution in [0.4, 0.5) is 4.79 Å². The lowest BCUT2D eigenvalue weighted by Gasteiger charge is -2.42. The molecule has 2 fully saturated rings. The normalized spacial score (nSPS) is 24.1. The highest BCUT2D eigenvalue weighted by atomic mass is 32.2. The number of aliphatic hydroxyl groups is 1. The lowest BCUT2D eigenvalue weighted by molar-refractivity contribution is -0.0907. The number of benzene rings is 2. The Kier molecular flexibility index (Phi) is 8.86. The van der Waals surface area contributed by atoms with E-state index in [0.29, 0.717) is 13.0 Å². The Morgan fingerprint density at radius 2 is 1.73 bits per heavy atom. The number of ether oxygens (including phenoxy) is 2. The lowest BCUT2D eigenvalue weighted by atomic mass is 9.81. The molecule has 4 rings (SSSR count). The van der Waals surface area contributed by atoms with Crippen molar-refractivity contribution in [3.8, 4) is 0 Å². The van der Waals surface area contributed by atoms with Crippen molar-refractivity contribution in [1.29, 1.82) is 0 Å². The second-order valence-electron chi connectivity index (χ2n) is 10.2. The van der Waals surface area contributed by atoms with Crippen LogP contribution < -0.4 is 5.32 Å². The molecule has 10 heteroatoms. The Morgan fingerprint density at radius 3 is 2.35 bits per heavy atom. The third-order valence-electron chi connectivity index (χ3n) is 7.12. The molecule has 6 atom stereocenters. The van der Waals surface area contributed by atoms with Gasteiger partial charge in [-0.1, -0.05) is 62.4 Å². The molecule has 2 heterocycles. The van der Waals surface area contributed by atoms with Gasteiger partial charge in [0, 0.05) is 18.4 Å². The summed E-state index contributed by atoms with van der Waals surface area (Å²) in [5.74, 6) is -0.540. The molecule has 9 nitrogen and oxygen atoms in total. The zero-order valence-corrected chi connectivity index (χ0v) is 22.0. The fraction of sp³-hybridized carbons (Fsp3) is 0.519. The van der Waals surface area contributed by atoms with Crippen LogP contribution in [0.15, 0.2) is 65.6 Å². The van der Waals surface area contributed by atoms with Crippen LogP contribution in [0.1, 0.15) is 25.8 Å². The van der Waals surface area contributed by atoms with E-state index in [-0.39, 0.29) is 42.2 Å². The van der Waals surface area contributed by atoms with Crippen molar-refractivity contribution in [2.45, 2.75) is 56.1 Å². The van der Waals surface area contributed by atoms with Gasteiger partial charge in [-0.2, -0.15) is 4.31 Å². The summed E-state index contributed by atoms with van der Waals surface area (Å²) in [5.41, 5.74) is 0.824. The van der Waals surface area contributed by atoms with Gasteiger partial charge < -0.3 is 25.0 Å². The Labute approximate surface area is 218 Å². The Balaban J connectivity index is 1.79. The van der Waals surface area contributed by atoms with E-state index in [1.165, 1.54) is 16.4 Å². The summed E-state index contributed by atoms with van der Waals surface area (Å²) >= 11 is 0. The molecule has 0 bridgehead atoms. The maximum atomic E-state index is 14.1. The smallest absolute Gasteiger partial charge is 0.404 e. The Morgan fingerprint density at radius 1 is 1.08 bits per heavy atom. The van der Waals surface area contributed by atoms with Crippen molar-refractivity contribution < 1.29 is 32.9 Å². The molecule has 0 saturated carbocycles. The van der Waals surface area contributed by atoms with Crippen molar-refractivity contribution in [1.82, 2.24) is 9.62 Å². The van der Waals surface area contributed by atoms with E-state index in [1.54, 1.807) is 18.2 Å². The van der Waals surface area contributed by atoms with Crippen molar-refractivity contribution in [3.63, 3.8) is 0 Å². The van der Waals surface area contributed by atoms with E-state index in [4.69, 9.17) is 9.47 Å². The van der Waals surface area contributed by atoms with Gasteiger partial charge in [0.2, 0.25) is 10.0 Å². The third-order valence-corrected chi connectivity index (χ3v) is 9.00. The largest absolute Gasteiger partial charge is 0.465 e. The fourth-order valence-electron chi connectivity index (χ4n) is 5.48. The quantitative estimate of drug-likeness (QED) is 0.406. The van der Waals surface area contributed by atoms with Crippen LogP contribution in [0, 0.1) is 17.8 Å². The minimum absolute atomic E-state index is 0.0499. The van der Waals surface area contributed by atoms with Crippen molar-refractivity contribution in [3.05, 3.63) is 66.2 Å². The molecule has 3 N–H and O–H groups in total. The highest BCUT2D eigenvalue weighted by molar-refractivity contribution is 7.89. The van der Waals surface area contributed by atoms with E-state index in [1.807, 2.05) is 44.2 Å². The highest BCUT2D eigenvalue weighted by Gasteiger charge is 2.52. The third kappa shape index (κ3) is 6.32. The molecule has 1 unspecified atom stereocenters. The molecule has 0 aliphatic carbocycles. The Hall–Kier alpha value is -2.50. The molecule has 37 heavy (non-hydrogen) atoms. The molecular weight excluding hydrogens is 496 g/mol. The van der Waals surface area contributed by atoms with Gasteiger partial charge in [0.25, 0.3) is 0 Å². The highest BCUT2D eigenvalue weighted by Crippen LogP contribution is 2.41. The van der Waals surface area contributed by atoms with E-state index in [2.05, 4.69) is 5.32 Å². The summed E-state index contributed by atoms with van der Waals surface area (Å²) in [4.78, 5) is 11.9. The number of carboxylic acid groups (broad SMARTS) is 1. The summed E-state index contributed by atoms with van der Waals surface area (Å²) in [6.45, 7) is 4.69. The van der Waals surface area contributed by atoms with Crippen molar-refractivity contribution >= 4 is 16.1 Å². The summed E-state index contributed by atoms with van der Waals surface area (Å²) in [5, 5.41) is 24.0. The maximum Gasteiger partial charge on any atom is 0.404 e. The van der Waals surface area contributed by atoms with Gasteiger partial charge in [-0.15, -0.1) is 0 Å². The van der Waals surface area contributed by atoms with E-state index >= 15 is 0 Å². The number of rotatable bonds is 11. The van der Waals surface area contributed by atoms with Crippen LogP contribution in [0.2, 0.25) is 0 Å². The molecule has 1 amide bonds. The molecule has 2 aliphatic heterocycles. The first-order valence-corrected chi connectivity index (χ1v) is 14.1. The molecular formula is C27H36N2O7S. The first kappa shape index (κ1) is 27.5. The van der Waals surface area contributed by atoms with Crippen LogP contribution in [0.25, 0.3) is 0 Å². The van der Waals surface area contributed by atoms with Crippen LogP contribution in [-0.2, 0) is 25.9 Å². The second kappa shape index (κ2) is 11.9. The number of aliphatic hydroxyl groups excluding tert-OH is 1. The lowest BCUT2D eigenvalue weighted by Crippen LogP contribution is -2.60. The summed E-state index contributed by atoms with van der Waals surface area (Å²) in [7, 11) is -4.04. The second-order valence-corrected chi connectivity index (χ2v) is 12.1. The van der Waals surface area contributed by atoms with Gasteiger partial charge in [0.05, 0.1) is 36.3 Å². The molecule has 0 aromatic heterocycles. The predicted octanol–water partition coefficient (Wildman–Crippen LogP) is 2.95. The number of nitrogens with zero attached hydrogens (tertiary/aromatic N) is 1. The standard InChI is InChI=1S/C27H36N2O7S/c1-18(2)16-29(37(33,34)20-11-7-4-8-12-20)24(22-17-36-26-21(22)13-14-35-26)25(30)23(28-27(31)32)15-19-9-5-3-6-10-19/h3-12,18,21-26,28,30H,13-17H2,1-2H3,(H,31,32)/t21-,22+,23-,24?,25+,26+/m0/s1. The van der Waals surface area contributed by atoms with Gasteiger partial charge in [-0.05, 0) is 36.5 Å². The van der Waals surface area contributed by atoms with Crippen LogP contribution in [0.3, 0.4) is 0 Å². The monoisotopic (exact) mass is 532 g/mol. The zero-order chi connectivity index (χ0) is 26.6. The molecule has 2 aromatic carbocycles. The van der Waals surface area contributed by atoms with Gasteiger partial charge in [-0.3, -0.25) is 0 Å². The molecule has 2 aromatic rings. The molecule has 2 saturated heterocycles. The summed E-state index contributed by atoms with van der Waals surface area (Å²) in [6, 6.07) is 15.5. The summed E-state index contributed by atoms with van der Waals surface area (Å²) in [6.07, 6.45) is -2.22. The van der Waals surface area contributed by atoms with Crippen LogP contribution in [0.5, 0.6) is 0 Å². The topological polar surface area (TPSA) is 125 Å². The molecule has 0 radical (unpaired) electrons. The maximum absolute atomic E-state index is 14.1. The SMILES string of the molecule is CC(C)CN(C([C@H](O)[C@H](Cc1ccccc1)NC(=O)O)[C@@H]1CO[C@H]2OCC[C@H]21)S(=O)(=O)c1ccccc1. The summed E-state index contributed by atoms with van der Waals surface area (Å²) < 4.78 is 41.1. The minimum atomic E-state index is -4.04. The van der Waals surface area contributed by atoms with Crippen molar-refractivity contribution in [2.24, 2.45) is 17.8 Å². The van der Waals surface area contributed by atoms with Gasteiger partial charge in [0.1, 0.15) is 0 Å². The number of carbonyl (C=O) groups is 1. The number of fused-ring (bicyclic) bond motifs is 1. The first-order chi connectivity index (χ1) is 17.7. The average Bonchev–Trinajstić information content (AvgIpc) is 3.49. The van der Waals surface area contributed by atoms with Gasteiger partial charge in [0.15, 0.2) is 6.29 Å². The Bertz CT molecular complexity index is 1130. The predicted molar refractivity (Wildman–Crippen MR) is 137 cm³/mol. The number of sulfonamides is 1. The molecule has 2 aliphatic rings. The van der Waals surface area contributed by atoms with E-state index < -0.39 is 40.6 Å². The van der Waals surface area contributed by atoms with Gasteiger partial charge in [-0.25, -0.2) is 13.2 Å². The molecule has 0 spiro atoms. The number of amides is 1. The number of hydrogen-bond donors (Lipinski definition) is 3. The zero-order valence-electron chi connectivity index (χ0n) is 21.1. The average molecular weight is 533 g/mol.